The van der Waals surface area contributed by atoms with Gasteiger partial charge in [0.2, 0.25) is 0 Å². The van der Waals surface area contributed by atoms with Crippen molar-refractivity contribution in [3.63, 3.8) is 0 Å². The first-order valence-corrected chi connectivity index (χ1v) is 3.37. The molecule has 1 saturated carbocycles. The summed E-state index contributed by atoms with van der Waals surface area (Å²) in [6.07, 6.45) is 2.62. The second-order valence-electron chi connectivity index (χ2n) is 2.65. The van der Waals surface area contributed by atoms with Gasteiger partial charge < -0.3 is 4.74 Å². The summed E-state index contributed by atoms with van der Waals surface area (Å²) in [4.78, 5) is 10.4. The molecule has 0 radical (unpaired) electrons. The van der Waals surface area contributed by atoms with E-state index in [0.717, 1.165) is 0 Å². The monoisotopic (exact) mass is 128 g/mol. The van der Waals surface area contributed by atoms with Crippen LogP contribution in [-0.2, 0) is 9.53 Å². The quantitative estimate of drug-likeness (QED) is 0.525. The molecule has 0 spiro atoms. The summed E-state index contributed by atoms with van der Waals surface area (Å²) in [5, 5.41) is 0. The van der Waals surface area contributed by atoms with Crippen LogP contribution in [0, 0.1) is 5.92 Å². The van der Waals surface area contributed by atoms with E-state index in [4.69, 9.17) is 4.74 Å². The minimum Gasteiger partial charge on any atom is -0.463 e. The smallest absolute Gasteiger partial charge is 0.302 e. The topological polar surface area (TPSA) is 26.3 Å². The maximum Gasteiger partial charge on any atom is 0.302 e. The lowest BCUT2D eigenvalue weighted by atomic mass is 10.3. The summed E-state index contributed by atoms with van der Waals surface area (Å²) in [6, 6.07) is 0. The highest BCUT2D eigenvalue weighted by Gasteiger charge is 2.29. The molecule has 0 aromatic carbocycles. The molecule has 1 aliphatic rings. The van der Waals surface area contributed by atoms with Gasteiger partial charge in [-0.25, -0.2) is 0 Å². The minimum absolute atomic E-state index is 0.155. The fourth-order valence-electron chi connectivity index (χ4n) is 0.924. The van der Waals surface area contributed by atoms with E-state index in [1.807, 2.05) is 6.92 Å². The summed E-state index contributed by atoms with van der Waals surface area (Å²) < 4.78 is 4.94. The van der Waals surface area contributed by atoms with Gasteiger partial charge in [0.05, 0.1) is 0 Å². The molecule has 0 amide bonds. The number of hydrogen-bond acceptors (Lipinski definition) is 2. The molecular weight excluding hydrogens is 116 g/mol. The van der Waals surface area contributed by atoms with E-state index in [9.17, 15) is 4.79 Å². The average Bonchev–Trinajstić information content (AvgIpc) is 2.40. The Morgan fingerprint density at radius 1 is 1.67 bits per heavy atom. The molecule has 0 N–H and O–H groups in total. The van der Waals surface area contributed by atoms with E-state index in [0.29, 0.717) is 5.92 Å². The van der Waals surface area contributed by atoms with Crippen LogP contribution in [0.3, 0.4) is 0 Å². The molecule has 0 aliphatic heterocycles. The molecular formula is C7H12O2. The SMILES string of the molecule is CC(=O)OC(C)C1CC1. The van der Waals surface area contributed by atoms with Gasteiger partial charge in [-0.2, -0.15) is 0 Å². The van der Waals surface area contributed by atoms with Gasteiger partial charge in [0.1, 0.15) is 6.10 Å². The summed E-state index contributed by atoms with van der Waals surface area (Å²) in [7, 11) is 0. The van der Waals surface area contributed by atoms with Gasteiger partial charge in [-0.3, -0.25) is 4.79 Å². The Morgan fingerprint density at radius 2 is 2.22 bits per heavy atom. The lowest BCUT2D eigenvalue weighted by Crippen LogP contribution is -2.13. The average molecular weight is 128 g/mol. The zero-order valence-electron chi connectivity index (χ0n) is 5.89. The predicted octanol–water partition coefficient (Wildman–Crippen LogP) is 1.35. The van der Waals surface area contributed by atoms with Crippen molar-refractivity contribution in [3.8, 4) is 0 Å². The molecule has 1 atom stereocenters. The lowest BCUT2D eigenvalue weighted by molar-refractivity contribution is -0.146. The zero-order valence-corrected chi connectivity index (χ0v) is 5.89. The van der Waals surface area contributed by atoms with Crippen molar-refractivity contribution in [1.29, 1.82) is 0 Å². The van der Waals surface area contributed by atoms with Gasteiger partial charge >= 0.3 is 5.97 Å². The number of carbonyl (C=O) groups excluding carboxylic acids is 1. The molecule has 2 nitrogen and oxygen atoms in total. The van der Waals surface area contributed by atoms with E-state index in [-0.39, 0.29) is 12.1 Å². The molecule has 52 valence electrons. The van der Waals surface area contributed by atoms with Crippen LogP contribution in [-0.4, -0.2) is 12.1 Å². The fraction of sp³-hybridized carbons (Fsp3) is 0.857. The van der Waals surface area contributed by atoms with Crippen LogP contribution in [0.4, 0.5) is 0 Å². The predicted molar refractivity (Wildman–Crippen MR) is 34.0 cm³/mol. The third-order valence-corrected chi connectivity index (χ3v) is 1.64. The molecule has 1 rings (SSSR count). The van der Waals surface area contributed by atoms with E-state index < -0.39 is 0 Å². The van der Waals surface area contributed by atoms with Crippen molar-refractivity contribution in [1.82, 2.24) is 0 Å². The number of ether oxygens (including phenoxy) is 1. The van der Waals surface area contributed by atoms with Crippen molar-refractivity contribution < 1.29 is 9.53 Å². The minimum atomic E-state index is -0.158. The number of hydrogen-bond donors (Lipinski definition) is 0. The first-order chi connectivity index (χ1) is 4.20. The van der Waals surface area contributed by atoms with Gasteiger partial charge in [0.15, 0.2) is 0 Å². The maximum atomic E-state index is 10.4. The van der Waals surface area contributed by atoms with Gasteiger partial charge in [0.25, 0.3) is 0 Å². The zero-order chi connectivity index (χ0) is 6.85. The molecule has 0 aromatic rings. The number of carbonyl (C=O) groups is 1. The Labute approximate surface area is 55.2 Å². The number of rotatable bonds is 2. The molecule has 9 heavy (non-hydrogen) atoms. The van der Waals surface area contributed by atoms with Crippen LogP contribution < -0.4 is 0 Å². The van der Waals surface area contributed by atoms with Crippen molar-refractivity contribution in [2.75, 3.05) is 0 Å². The van der Waals surface area contributed by atoms with E-state index in [1.165, 1.54) is 19.8 Å². The largest absolute Gasteiger partial charge is 0.463 e. The molecule has 0 aromatic heterocycles. The van der Waals surface area contributed by atoms with Crippen LogP contribution in [0.15, 0.2) is 0 Å². The summed E-state index contributed by atoms with van der Waals surface area (Å²) in [5.74, 6) is 0.503. The summed E-state index contributed by atoms with van der Waals surface area (Å²) in [6.45, 7) is 3.41. The lowest BCUT2D eigenvalue weighted by Gasteiger charge is -2.08. The highest BCUT2D eigenvalue weighted by Crippen LogP contribution is 2.33. The number of esters is 1. The second kappa shape index (κ2) is 2.38. The van der Waals surface area contributed by atoms with Crippen LogP contribution >= 0.6 is 0 Å². The molecule has 1 fully saturated rings. The third kappa shape index (κ3) is 2.04. The van der Waals surface area contributed by atoms with Crippen molar-refractivity contribution in [3.05, 3.63) is 0 Å². The maximum absolute atomic E-state index is 10.4. The standard InChI is InChI=1S/C7H12O2/c1-5(7-3-4-7)9-6(2)8/h5,7H,3-4H2,1-2H3. The fourth-order valence-corrected chi connectivity index (χ4v) is 0.924. The molecule has 1 aliphatic carbocycles. The Balaban J connectivity index is 2.17. The van der Waals surface area contributed by atoms with Crippen molar-refractivity contribution in [2.45, 2.75) is 32.8 Å². The molecule has 0 heterocycles. The van der Waals surface area contributed by atoms with E-state index in [1.54, 1.807) is 0 Å². The molecule has 1 unspecified atom stereocenters. The van der Waals surface area contributed by atoms with Gasteiger partial charge in [-0.1, -0.05) is 0 Å². The normalized spacial score (nSPS) is 21.1. The Morgan fingerprint density at radius 3 is 2.56 bits per heavy atom. The van der Waals surface area contributed by atoms with Gasteiger partial charge in [-0.15, -0.1) is 0 Å². The summed E-state index contributed by atoms with van der Waals surface area (Å²) >= 11 is 0. The Hall–Kier alpha value is -0.530. The van der Waals surface area contributed by atoms with Crippen LogP contribution in [0.25, 0.3) is 0 Å². The van der Waals surface area contributed by atoms with Crippen molar-refractivity contribution in [2.24, 2.45) is 5.92 Å². The Bertz CT molecular complexity index is 116. The summed E-state index contributed by atoms with van der Waals surface area (Å²) in [5.41, 5.74) is 0. The van der Waals surface area contributed by atoms with Crippen molar-refractivity contribution >= 4 is 5.97 Å². The van der Waals surface area contributed by atoms with Crippen LogP contribution in [0.2, 0.25) is 0 Å². The first-order valence-electron chi connectivity index (χ1n) is 3.37. The van der Waals surface area contributed by atoms with Gasteiger partial charge in [0, 0.05) is 6.92 Å². The van der Waals surface area contributed by atoms with E-state index >= 15 is 0 Å². The first kappa shape index (κ1) is 6.59. The Kier molecular flexibility index (Phi) is 1.74. The van der Waals surface area contributed by atoms with Gasteiger partial charge in [-0.05, 0) is 25.7 Å². The molecule has 0 saturated heterocycles. The molecule has 2 heteroatoms. The highest BCUT2D eigenvalue weighted by molar-refractivity contribution is 5.66. The highest BCUT2D eigenvalue weighted by atomic mass is 16.5. The molecule has 0 bridgehead atoms. The second-order valence-corrected chi connectivity index (χ2v) is 2.65. The van der Waals surface area contributed by atoms with Crippen LogP contribution in [0.1, 0.15) is 26.7 Å². The van der Waals surface area contributed by atoms with E-state index in [2.05, 4.69) is 0 Å². The third-order valence-electron chi connectivity index (χ3n) is 1.64. The van der Waals surface area contributed by atoms with Crippen LogP contribution in [0.5, 0.6) is 0 Å².